The van der Waals surface area contributed by atoms with Crippen molar-refractivity contribution in [1.29, 1.82) is 0 Å². The van der Waals surface area contributed by atoms with E-state index >= 15 is 0 Å². The summed E-state index contributed by atoms with van der Waals surface area (Å²) < 4.78 is 0. The third-order valence-electron chi connectivity index (χ3n) is 5.21. The van der Waals surface area contributed by atoms with Crippen molar-refractivity contribution < 1.29 is 4.79 Å². The van der Waals surface area contributed by atoms with Gasteiger partial charge in [0.1, 0.15) is 6.33 Å². The Morgan fingerprint density at radius 2 is 2.08 bits per heavy atom. The third kappa shape index (κ3) is 3.29. The Morgan fingerprint density at radius 3 is 2.96 bits per heavy atom. The number of fused-ring (bicyclic) bond motifs is 1. The van der Waals surface area contributed by atoms with Crippen molar-refractivity contribution in [3.05, 3.63) is 66.0 Å². The normalized spacial score (nSPS) is 17.4. The first-order chi connectivity index (χ1) is 12.7. The summed E-state index contributed by atoms with van der Waals surface area (Å²) in [6, 6.07) is 8.36. The number of aryl methyl sites for hydroxylation is 1. The number of carbonyl (C=O) groups excluding carboxylic acids is 1. The van der Waals surface area contributed by atoms with E-state index in [-0.39, 0.29) is 5.91 Å². The Kier molecular flexibility index (Phi) is 4.61. The van der Waals surface area contributed by atoms with Gasteiger partial charge in [0.15, 0.2) is 0 Å². The van der Waals surface area contributed by atoms with Crippen molar-refractivity contribution in [2.75, 3.05) is 13.1 Å². The van der Waals surface area contributed by atoms with Gasteiger partial charge in [0.25, 0.3) is 5.91 Å². The first-order valence-electron chi connectivity index (χ1n) is 9.10. The van der Waals surface area contributed by atoms with Crippen LogP contribution in [-0.2, 0) is 6.42 Å². The van der Waals surface area contributed by atoms with Gasteiger partial charge in [0.05, 0.1) is 11.3 Å². The van der Waals surface area contributed by atoms with Gasteiger partial charge >= 0.3 is 0 Å². The SMILES string of the molecule is Cc1ncncc1C(=O)N1CCCC(Cc2cncc3ccccc23)C1. The monoisotopic (exact) mass is 346 g/mol. The van der Waals surface area contributed by atoms with Crippen LogP contribution >= 0.6 is 0 Å². The van der Waals surface area contributed by atoms with Crippen molar-refractivity contribution >= 4 is 16.7 Å². The zero-order valence-corrected chi connectivity index (χ0v) is 14.9. The maximum atomic E-state index is 12.9. The van der Waals surface area contributed by atoms with Gasteiger partial charge in [0.2, 0.25) is 0 Å². The fraction of sp³-hybridized carbons (Fsp3) is 0.333. The van der Waals surface area contributed by atoms with Crippen LogP contribution in [0.5, 0.6) is 0 Å². The first kappa shape index (κ1) is 16.6. The lowest BCUT2D eigenvalue weighted by atomic mass is 9.90. The van der Waals surface area contributed by atoms with Crippen LogP contribution in [0, 0.1) is 12.8 Å². The quantitative estimate of drug-likeness (QED) is 0.729. The first-order valence-corrected chi connectivity index (χ1v) is 9.10. The molecule has 4 rings (SSSR count). The smallest absolute Gasteiger partial charge is 0.257 e. The number of benzene rings is 1. The van der Waals surface area contributed by atoms with Crippen LogP contribution in [0.25, 0.3) is 10.8 Å². The Hall–Kier alpha value is -2.82. The fourth-order valence-electron chi connectivity index (χ4n) is 3.84. The van der Waals surface area contributed by atoms with Gasteiger partial charge in [-0.2, -0.15) is 0 Å². The van der Waals surface area contributed by atoms with Crippen molar-refractivity contribution in [3.63, 3.8) is 0 Å². The molecule has 1 aliphatic rings. The number of carbonyl (C=O) groups is 1. The fourth-order valence-corrected chi connectivity index (χ4v) is 3.84. The Balaban J connectivity index is 1.52. The second-order valence-corrected chi connectivity index (χ2v) is 7.01. The van der Waals surface area contributed by atoms with Gasteiger partial charge < -0.3 is 4.90 Å². The number of hydrogen-bond donors (Lipinski definition) is 0. The minimum Gasteiger partial charge on any atom is -0.338 e. The van der Waals surface area contributed by atoms with Crippen molar-refractivity contribution in [3.8, 4) is 0 Å². The molecule has 5 nitrogen and oxygen atoms in total. The molecule has 0 radical (unpaired) electrons. The number of nitrogens with zero attached hydrogens (tertiary/aromatic N) is 4. The van der Waals surface area contributed by atoms with E-state index in [9.17, 15) is 4.79 Å². The molecule has 0 bridgehead atoms. The summed E-state index contributed by atoms with van der Waals surface area (Å²) in [5.74, 6) is 0.495. The van der Waals surface area contributed by atoms with Crippen molar-refractivity contribution in [1.82, 2.24) is 19.9 Å². The van der Waals surface area contributed by atoms with E-state index in [1.54, 1.807) is 6.20 Å². The van der Waals surface area contributed by atoms with Gasteiger partial charge in [-0.15, -0.1) is 0 Å². The van der Waals surface area contributed by atoms with Gasteiger partial charge in [0, 0.05) is 37.1 Å². The van der Waals surface area contributed by atoms with Crippen LogP contribution in [0.15, 0.2) is 49.2 Å². The van der Waals surface area contributed by atoms with Crippen LogP contribution in [0.4, 0.5) is 0 Å². The van der Waals surface area contributed by atoms with Gasteiger partial charge in [-0.05, 0) is 43.1 Å². The maximum absolute atomic E-state index is 12.9. The van der Waals surface area contributed by atoms with E-state index in [0.29, 0.717) is 11.5 Å². The van der Waals surface area contributed by atoms with E-state index < -0.39 is 0 Å². The average molecular weight is 346 g/mol. The minimum atomic E-state index is 0.0452. The summed E-state index contributed by atoms with van der Waals surface area (Å²) in [6.07, 6.45) is 10.1. The van der Waals surface area contributed by atoms with Crippen LogP contribution in [-0.4, -0.2) is 38.8 Å². The molecule has 1 amide bonds. The molecule has 1 aliphatic heterocycles. The lowest BCUT2D eigenvalue weighted by Crippen LogP contribution is -2.41. The molecule has 0 spiro atoms. The number of likely N-dealkylation sites (tertiary alicyclic amines) is 1. The van der Waals surface area contributed by atoms with Crippen LogP contribution in [0.1, 0.15) is 34.5 Å². The molecule has 1 aromatic carbocycles. The van der Waals surface area contributed by atoms with Crippen LogP contribution < -0.4 is 0 Å². The van der Waals surface area contributed by atoms with Crippen molar-refractivity contribution in [2.24, 2.45) is 5.92 Å². The van der Waals surface area contributed by atoms with E-state index in [1.807, 2.05) is 30.3 Å². The number of amides is 1. The molecule has 0 saturated carbocycles. The van der Waals surface area contributed by atoms with Gasteiger partial charge in [-0.25, -0.2) is 9.97 Å². The highest BCUT2D eigenvalue weighted by atomic mass is 16.2. The van der Waals surface area contributed by atoms with Crippen LogP contribution in [0.3, 0.4) is 0 Å². The Labute approximate surface area is 153 Å². The van der Waals surface area contributed by atoms with Crippen molar-refractivity contribution in [2.45, 2.75) is 26.2 Å². The molecule has 2 aromatic heterocycles. The average Bonchev–Trinajstić information content (AvgIpc) is 2.68. The molecule has 1 atom stereocenters. The predicted molar refractivity (Wildman–Crippen MR) is 101 cm³/mol. The maximum Gasteiger partial charge on any atom is 0.257 e. The molecule has 1 fully saturated rings. The largest absolute Gasteiger partial charge is 0.338 e. The Bertz CT molecular complexity index is 935. The van der Waals surface area contributed by atoms with Crippen LogP contribution in [0.2, 0.25) is 0 Å². The van der Waals surface area contributed by atoms with E-state index in [2.05, 4.69) is 33.2 Å². The summed E-state index contributed by atoms with van der Waals surface area (Å²) in [7, 11) is 0. The molecule has 3 aromatic rings. The van der Waals surface area contributed by atoms with Gasteiger partial charge in [-0.1, -0.05) is 24.3 Å². The highest BCUT2D eigenvalue weighted by molar-refractivity contribution is 5.95. The molecule has 1 unspecified atom stereocenters. The highest BCUT2D eigenvalue weighted by Crippen LogP contribution is 2.26. The number of piperidine rings is 1. The van der Waals surface area contributed by atoms with E-state index in [0.717, 1.165) is 38.0 Å². The molecule has 3 heterocycles. The minimum absolute atomic E-state index is 0.0452. The number of pyridine rings is 1. The molecule has 26 heavy (non-hydrogen) atoms. The summed E-state index contributed by atoms with van der Waals surface area (Å²) >= 11 is 0. The number of hydrogen-bond acceptors (Lipinski definition) is 4. The zero-order chi connectivity index (χ0) is 17.9. The number of rotatable bonds is 3. The summed E-state index contributed by atoms with van der Waals surface area (Å²) in [6.45, 7) is 3.44. The molecule has 132 valence electrons. The summed E-state index contributed by atoms with van der Waals surface area (Å²) in [5, 5.41) is 2.43. The molecule has 0 N–H and O–H groups in total. The molecule has 5 heteroatoms. The zero-order valence-electron chi connectivity index (χ0n) is 14.9. The van der Waals surface area contributed by atoms with E-state index in [1.165, 1.54) is 22.7 Å². The summed E-state index contributed by atoms with van der Waals surface area (Å²) in [5.41, 5.74) is 2.62. The molecular formula is C21H22N4O. The molecular weight excluding hydrogens is 324 g/mol. The third-order valence-corrected chi connectivity index (χ3v) is 5.21. The second kappa shape index (κ2) is 7.20. The van der Waals surface area contributed by atoms with E-state index in [4.69, 9.17) is 0 Å². The topological polar surface area (TPSA) is 59.0 Å². The predicted octanol–water partition coefficient (Wildman–Crippen LogP) is 3.43. The lowest BCUT2D eigenvalue weighted by molar-refractivity contribution is 0.0672. The Morgan fingerprint density at radius 1 is 1.19 bits per heavy atom. The van der Waals surface area contributed by atoms with Gasteiger partial charge in [-0.3, -0.25) is 9.78 Å². The standard InChI is InChI=1S/C21H22N4O/c1-15-20(12-23-14-24-15)21(26)25-8-4-5-16(13-25)9-18-11-22-10-17-6-2-3-7-19(17)18/h2-3,6-7,10-12,14,16H,4-5,8-9,13H2,1H3. The molecule has 0 aliphatic carbocycles. The summed E-state index contributed by atoms with van der Waals surface area (Å²) in [4.78, 5) is 27.4. The number of aromatic nitrogens is 3. The molecule has 1 saturated heterocycles. The lowest BCUT2D eigenvalue weighted by Gasteiger charge is -2.33. The second-order valence-electron chi connectivity index (χ2n) is 7.01. The highest BCUT2D eigenvalue weighted by Gasteiger charge is 2.26.